The Hall–Kier alpha value is -3.05. The molecule has 2 aliphatic rings. The molecule has 1 aromatic carbocycles. The van der Waals surface area contributed by atoms with Gasteiger partial charge in [-0.05, 0) is 43.7 Å². The molecule has 170 valence electrons. The molecule has 2 aromatic rings. The van der Waals surface area contributed by atoms with Crippen molar-refractivity contribution in [1.82, 2.24) is 19.2 Å². The van der Waals surface area contributed by atoms with Crippen LogP contribution in [-0.2, 0) is 14.8 Å². The maximum absolute atomic E-state index is 12.9. The van der Waals surface area contributed by atoms with Crippen LogP contribution in [0.25, 0.3) is 0 Å². The van der Waals surface area contributed by atoms with Gasteiger partial charge in [-0.2, -0.15) is 0 Å². The summed E-state index contributed by atoms with van der Waals surface area (Å²) in [7, 11) is -3.90. The first-order chi connectivity index (χ1) is 15.4. The number of benzene rings is 1. The average molecular weight is 459 g/mol. The van der Waals surface area contributed by atoms with Crippen molar-refractivity contribution in [2.45, 2.75) is 24.7 Å². The van der Waals surface area contributed by atoms with E-state index in [1.165, 1.54) is 25.1 Å². The van der Waals surface area contributed by atoms with E-state index in [0.29, 0.717) is 12.1 Å². The second-order valence-corrected chi connectivity index (χ2v) is 9.69. The fraction of sp³-hybridized carbons (Fsp3) is 0.429. The van der Waals surface area contributed by atoms with Crippen LogP contribution in [0, 0.1) is 0 Å². The number of fused-ring (bicyclic) bond motifs is 1. The molecule has 3 heterocycles. The lowest BCUT2D eigenvalue weighted by molar-refractivity contribution is -0.114. The number of anilines is 2. The van der Waals surface area contributed by atoms with Crippen LogP contribution in [-0.4, -0.2) is 78.7 Å². The zero-order chi connectivity index (χ0) is 22.7. The number of piperazine rings is 1. The molecule has 32 heavy (non-hydrogen) atoms. The van der Waals surface area contributed by atoms with Crippen LogP contribution in [0.15, 0.2) is 41.6 Å². The van der Waals surface area contributed by atoms with E-state index in [1.807, 2.05) is 0 Å². The Kier molecular flexibility index (Phi) is 6.38. The minimum absolute atomic E-state index is 0.0481. The molecule has 1 N–H and O–H groups in total. The normalized spacial score (nSPS) is 18.0. The number of aromatic nitrogens is 2. The Morgan fingerprint density at radius 2 is 1.75 bits per heavy atom. The fourth-order valence-corrected chi connectivity index (χ4v) is 5.63. The molecule has 0 atom stereocenters. The minimum Gasteiger partial charge on any atom is -0.338 e. The largest absolute Gasteiger partial charge is 0.338 e. The Morgan fingerprint density at radius 1 is 1.06 bits per heavy atom. The summed E-state index contributed by atoms with van der Waals surface area (Å²) >= 11 is 0. The van der Waals surface area contributed by atoms with Gasteiger partial charge in [-0.1, -0.05) is 0 Å². The van der Waals surface area contributed by atoms with Crippen molar-refractivity contribution in [2.75, 3.05) is 49.5 Å². The summed E-state index contributed by atoms with van der Waals surface area (Å²) in [5.74, 6) is -0.0716. The SMILES string of the molecule is CC(=O)Nc1ccc2c(c1)S(=O)(=O)N(CCCCN1CCN(c3ncccn3)CC1)C2=O. The summed E-state index contributed by atoms with van der Waals surface area (Å²) in [6.45, 7) is 5.78. The number of amides is 2. The highest BCUT2D eigenvalue weighted by atomic mass is 32.2. The lowest BCUT2D eigenvalue weighted by Gasteiger charge is -2.34. The molecule has 1 fully saturated rings. The van der Waals surface area contributed by atoms with E-state index in [1.54, 1.807) is 18.5 Å². The smallest absolute Gasteiger partial charge is 0.269 e. The topological polar surface area (TPSA) is 116 Å². The molecule has 0 saturated carbocycles. The summed E-state index contributed by atoms with van der Waals surface area (Å²) in [6.07, 6.45) is 4.84. The molecular weight excluding hydrogens is 432 g/mol. The highest BCUT2D eigenvalue weighted by molar-refractivity contribution is 7.90. The number of rotatable bonds is 7. The Morgan fingerprint density at radius 3 is 2.44 bits per heavy atom. The minimum atomic E-state index is -3.90. The van der Waals surface area contributed by atoms with Crippen LogP contribution in [0.5, 0.6) is 0 Å². The van der Waals surface area contributed by atoms with Gasteiger partial charge in [0.2, 0.25) is 11.9 Å². The number of unbranched alkanes of at least 4 members (excludes halogenated alkanes) is 1. The van der Waals surface area contributed by atoms with Gasteiger partial charge in [0.15, 0.2) is 0 Å². The lowest BCUT2D eigenvalue weighted by atomic mass is 10.2. The lowest BCUT2D eigenvalue weighted by Crippen LogP contribution is -2.47. The van der Waals surface area contributed by atoms with Gasteiger partial charge in [0.05, 0.1) is 5.56 Å². The first-order valence-corrected chi connectivity index (χ1v) is 12.0. The van der Waals surface area contributed by atoms with Gasteiger partial charge in [0.1, 0.15) is 4.90 Å². The standard InChI is InChI=1S/C21H26N6O4S/c1-16(28)24-17-5-6-18-19(15-17)32(30,31)27(20(18)29)10-3-2-9-25-11-13-26(14-12-25)21-22-7-4-8-23-21/h4-8,15H,2-3,9-14H2,1H3,(H,24,28). The molecule has 1 saturated heterocycles. The maximum Gasteiger partial charge on any atom is 0.269 e. The Balaban J connectivity index is 1.27. The molecule has 0 radical (unpaired) electrons. The van der Waals surface area contributed by atoms with Gasteiger partial charge in [-0.15, -0.1) is 0 Å². The van der Waals surface area contributed by atoms with E-state index in [9.17, 15) is 18.0 Å². The number of carbonyl (C=O) groups excluding carboxylic acids is 2. The predicted molar refractivity (Wildman–Crippen MR) is 119 cm³/mol. The molecule has 2 amide bonds. The summed E-state index contributed by atoms with van der Waals surface area (Å²) in [5.41, 5.74) is 0.507. The van der Waals surface area contributed by atoms with Crippen molar-refractivity contribution in [2.24, 2.45) is 0 Å². The number of hydrogen-bond acceptors (Lipinski definition) is 8. The van der Waals surface area contributed by atoms with Gasteiger partial charge < -0.3 is 10.2 Å². The summed E-state index contributed by atoms with van der Waals surface area (Å²) in [6, 6.07) is 6.14. The number of sulfonamides is 1. The number of nitrogens with zero attached hydrogens (tertiary/aromatic N) is 5. The average Bonchev–Trinajstić information content (AvgIpc) is 2.97. The molecule has 4 rings (SSSR count). The molecular formula is C21H26N6O4S. The Bertz CT molecular complexity index is 1100. The van der Waals surface area contributed by atoms with E-state index < -0.39 is 15.9 Å². The molecule has 10 nitrogen and oxygen atoms in total. The van der Waals surface area contributed by atoms with Crippen molar-refractivity contribution in [1.29, 1.82) is 0 Å². The second kappa shape index (κ2) is 9.21. The van der Waals surface area contributed by atoms with E-state index in [-0.39, 0.29) is 22.9 Å². The van der Waals surface area contributed by atoms with Gasteiger partial charge in [0.25, 0.3) is 15.9 Å². The second-order valence-electron chi connectivity index (χ2n) is 7.86. The van der Waals surface area contributed by atoms with E-state index in [0.717, 1.165) is 49.4 Å². The van der Waals surface area contributed by atoms with Crippen molar-refractivity contribution in [3.8, 4) is 0 Å². The number of carbonyl (C=O) groups is 2. The van der Waals surface area contributed by atoms with Gasteiger partial charge in [0, 0.05) is 57.7 Å². The Labute approximate surface area is 187 Å². The van der Waals surface area contributed by atoms with Crippen molar-refractivity contribution in [3.05, 3.63) is 42.2 Å². The monoisotopic (exact) mass is 458 g/mol. The molecule has 0 spiro atoms. The third-order valence-electron chi connectivity index (χ3n) is 5.62. The van der Waals surface area contributed by atoms with E-state index >= 15 is 0 Å². The molecule has 11 heteroatoms. The highest BCUT2D eigenvalue weighted by Gasteiger charge is 2.40. The van der Waals surface area contributed by atoms with E-state index in [2.05, 4.69) is 25.1 Å². The fourth-order valence-electron chi connectivity index (χ4n) is 3.99. The molecule has 0 aliphatic carbocycles. The zero-order valence-electron chi connectivity index (χ0n) is 17.9. The van der Waals surface area contributed by atoms with Crippen LogP contribution in [0.3, 0.4) is 0 Å². The van der Waals surface area contributed by atoms with Crippen LogP contribution in [0.2, 0.25) is 0 Å². The van der Waals surface area contributed by atoms with Crippen LogP contribution in [0.4, 0.5) is 11.6 Å². The van der Waals surface area contributed by atoms with Crippen LogP contribution < -0.4 is 10.2 Å². The van der Waals surface area contributed by atoms with Crippen molar-refractivity contribution >= 4 is 33.5 Å². The third-order valence-corrected chi connectivity index (χ3v) is 7.44. The maximum atomic E-state index is 12.9. The van der Waals surface area contributed by atoms with Gasteiger partial charge >= 0.3 is 0 Å². The first-order valence-electron chi connectivity index (χ1n) is 10.6. The zero-order valence-corrected chi connectivity index (χ0v) is 18.7. The van der Waals surface area contributed by atoms with Crippen LogP contribution >= 0.6 is 0 Å². The molecule has 2 aliphatic heterocycles. The molecule has 0 unspecified atom stereocenters. The van der Waals surface area contributed by atoms with Gasteiger partial charge in [-0.3, -0.25) is 14.5 Å². The van der Waals surface area contributed by atoms with Crippen LogP contribution in [0.1, 0.15) is 30.1 Å². The van der Waals surface area contributed by atoms with E-state index in [4.69, 9.17) is 0 Å². The van der Waals surface area contributed by atoms with Crippen molar-refractivity contribution in [3.63, 3.8) is 0 Å². The molecule has 0 bridgehead atoms. The van der Waals surface area contributed by atoms with Gasteiger partial charge in [-0.25, -0.2) is 22.7 Å². The summed E-state index contributed by atoms with van der Waals surface area (Å²) < 4.78 is 26.7. The number of nitrogens with one attached hydrogen (secondary N) is 1. The number of hydrogen-bond donors (Lipinski definition) is 1. The first kappa shape index (κ1) is 22.2. The summed E-state index contributed by atoms with van der Waals surface area (Å²) in [4.78, 5) is 36.9. The van der Waals surface area contributed by atoms with Crippen molar-refractivity contribution < 1.29 is 18.0 Å². The predicted octanol–water partition coefficient (Wildman–Crippen LogP) is 1.18. The molecule has 1 aromatic heterocycles. The highest BCUT2D eigenvalue weighted by Crippen LogP contribution is 2.32. The quantitative estimate of drug-likeness (QED) is 0.615. The third kappa shape index (κ3) is 4.58. The summed E-state index contributed by atoms with van der Waals surface area (Å²) in [5, 5.41) is 2.55.